The van der Waals surface area contributed by atoms with Crippen molar-refractivity contribution in [2.45, 2.75) is 6.92 Å². The van der Waals surface area contributed by atoms with E-state index in [0.29, 0.717) is 10.8 Å². The van der Waals surface area contributed by atoms with Gasteiger partial charge >= 0.3 is 6.01 Å². The number of nitrogens with two attached hydrogens (primary N) is 1. The molecule has 1 aromatic carbocycles. The van der Waals surface area contributed by atoms with E-state index < -0.39 is 0 Å². The van der Waals surface area contributed by atoms with Gasteiger partial charge in [-0.25, -0.2) is 0 Å². The summed E-state index contributed by atoms with van der Waals surface area (Å²) < 4.78 is 5.44. The zero-order chi connectivity index (χ0) is 12.4. The summed E-state index contributed by atoms with van der Waals surface area (Å²) in [5, 5.41) is 0.533. The Morgan fingerprint density at radius 1 is 1.18 bits per heavy atom. The molecule has 0 fully saturated rings. The van der Waals surface area contributed by atoms with E-state index in [2.05, 4.69) is 15.0 Å². The van der Waals surface area contributed by atoms with E-state index in [1.807, 2.05) is 13.0 Å². The number of nitrogen functional groups attached to an aromatic ring is 1. The van der Waals surface area contributed by atoms with Gasteiger partial charge in [-0.1, -0.05) is 17.7 Å². The summed E-state index contributed by atoms with van der Waals surface area (Å²) in [6.07, 6.45) is 0. The molecule has 0 unspecified atom stereocenters. The molecule has 1 aromatic heterocycles. The Bertz CT molecular complexity index is 542. The smallest absolute Gasteiger partial charge is 0.328 e. The Morgan fingerprint density at radius 3 is 2.65 bits per heavy atom. The van der Waals surface area contributed by atoms with E-state index in [4.69, 9.17) is 33.7 Å². The number of halogens is 2. The van der Waals surface area contributed by atoms with Gasteiger partial charge in [0.25, 0.3) is 0 Å². The Labute approximate surface area is 108 Å². The molecule has 0 spiro atoms. The molecule has 0 amide bonds. The van der Waals surface area contributed by atoms with Gasteiger partial charge in [0.1, 0.15) is 5.75 Å². The average Bonchev–Trinajstić information content (AvgIpc) is 2.22. The van der Waals surface area contributed by atoms with Crippen LogP contribution in [0.5, 0.6) is 11.8 Å². The van der Waals surface area contributed by atoms with Crippen LogP contribution in [0, 0.1) is 6.92 Å². The molecular formula is C10H8Cl2N4O. The molecule has 2 aromatic rings. The molecular weight excluding hydrogens is 263 g/mol. The molecule has 5 nitrogen and oxygen atoms in total. The highest BCUT2D eigenvalue weighted by atomic mass is 35.5. The molecule has 0 atom stereocenters. The van der Waals surface area contributed by atoms with Crippen molar-refractivity contribution in [3.05, 3.63) is 34.1 Å². The normalized spacial score (nSPS) is 10.3. The van der Waals surface area contributed by atoms with Crippen LogP contribution in [0.2, 0.25) is 10.3 Å². The van der Waals surface area contributed by atoms with Gasteiger partial charge in [-0.3, -0.25) is 0 Å². The van der Waals surface area contributed by atoms with Crippen molar-refractivity contribution >= 4 is 29.2 Å². The van der Waals surface area contributed by atoms with Gasteiger partial charge in [0.15, 0.2) is 0 Å². The summed E-state index contributed by atoms with van der Waals surface area (Å²) in [7, 11) is 0. The predicted octanol–water partition coefficient (Wildman–Crippen LogP) is 2.86. The maximum atomic E-state index is 5.86. The molecule has 0 bridgehead atoms. The van der Waals surface area contributed by atoms with E-state index in [9.17, 15) is 0 Å². The highest BCUT2D eigenvalue weighted by Gasteiger charge is 2.07. The maximum Gasteiger partial charge on any atom is 0.328 e. The van der Waals surface area contributed by atoms with Crippen molar-refractivity contribution in [3.8, 4) is 11.8 Å². The van der Waals surface area contributed by atoms with Crippen molar-refractivity contribution in [3.63, 3.8) is 0 Å². The van der Waals surface area contributed by atoms with Crippen LogP contribution in [0.1, 0.15) is 5.56 Å². The lowest BCUT2D eigenvalue weighted by Crippen LogP contribution is -2.00. The highest BCUT2D eigenvalue weighted by molar-refractivity contribution is 6.30. The number of aryl methyl sites for hydroxylation is 1. The molecule has 17 heavy (non-hydrogen) atoms. The molecule has 1 heterocycles. The quantitative estimate of drug-likeness (QED) is 0.909. The fraction of sp³-hybridized carbons (Fsp3) is 0.100. The molecule has 7 heteroatoms. The van der Waals surface area contributed by atoms with Crippen LogP contribution in [0.3, 0.4) is 0 Å². The topological polar surface area (TPSA) is 73.9 Å². The first-order chi connectivity index (χ1) is 8.04. The van der Waals surface area contributed by atoms with E-state index >= 15 is 0 Å². The number of nitrogens with zero attached hydrogens (tertiary/aromatic N) is 3. The minimum Gasteiger partial charge on any atom is -0.424 e. The Kier molecular flexibility index (Phi) is 3.31. The Morgan fingerprint density at radius 2 is 1.94 bits per heavy atom. The number of hydrogen-bond acceptors (Lipinski definition) is 5. The second-order valence-electron chi connectivity index (χ2n) is 3.26. The van der Waals surface area contributed by atoms with Gasteiger partial charge in [-0.05, 0) is 36.2 Å². The second kappa shape index (κ2) is 4.73. The molecule has 88 valence electrons. The summed E-state index contributed by atoms with van der Waals surface area (Å²) >= 11 is 11.5. The largest absolute Gasteiger partial charge is 0.424 e. The standard InChI is InChI=1S/C10H8Cl2N4O/c1-5-2-3-6(11)4-7(5)17-10-15-8(12)14-9(13)16-10/h2-4H,1H3,(H2,13,14,15,16). The SMILES string of the molecule is Cc1ccc(Cl)cc1Oc1nc(N)nc(Cl)n1. The first-order valence-electron chi connectivity index (χ1n) is 4.65. The fourth-order valence-corrected chi connectivity index (χ4v) is 1.50. The number of ether oxygens (including phenoxy) is 1. The molecule has 0 aliphatic carbocycles. The lowest BCUT2D eigenvalue weighted by Gasteiger charge is -2.07. The van der Waals surface area contributed by atoms with Crippen LogP contribution in [0.15, 0.2) is 18.2 Å². The number of anilines is 1. The zero-order valence-corrected chi connectivity index (χ0v) is 10.3. The molecule has 2 N–H and O–H groups in total. The lowest BCUT2D eigenvalue weighted by molar-refractivity contribution is 0.437. The number of benzene rings is 1. The number of aromatic nitrogens is 3. The summed E-state index contributed by atoms with van der Waals surface area (Å²) in [4.78, 5) is 11.2. The minimum atomic E-state index is -0.0211. The van der Waals surface area contributed by atoms with E-state index in [0.717, 1.165) is 5.56 Å². The van der Waals surface area contributed by atoms with E-state index in [1.54, 1.807) is 12.1 Å². The Balaban J connectivity index is 2.34. The monoisotopic (exact) mass is 270 g/mol. The van der Waals surface area contributed by atoms with Gasteiger partial charge in [0.2, 0.25) is 11.2 Å². The minimum absolute atomic E-state index is 0.000295. The average molecular weight is 271 g/mol. The van der Waals surface area contributed by atoms with Crippen LogP contribution in [0.4, 0.5) is 5.95 Å². The van der Waals surface area contributed by atoms with Crippen LogP contribution < -0.4 is 10.5 Å². The third kappa shape index (κ3) is 2.95. The fourth-order valence-electron chi connectivity index (χ4n) is 1.17. The number of hydrogen-bond donors (Lipinski definition) is 1. The first kappa shape index (κ1) is 11.9. The van der Waals surface area contributed by atoms with Crippen molar-refractivity contribution in [1.82, 2.24) is 15.0 Å². The highest BCUT2D eigenvalue weighted by Crippen LogP contribution is 2.26. The van der Waals surface area contributed by atoms with Gasteiger partial charge < -0.3 is 10.5 Å². The third-order valence-electron chi connectivity index (χ3n) is 1.96. The zero-order valence-electron chi connectivity index (χ0n) is 8.82. The van der Waals surface area contributed by atoms with Gasteiger partial charge in [0, 0.05) is 5.02 Å². The van der Waals surface area contributed by atoms with Crippen LogP contribution in [-0.4, -0.2) is 15.0 Å². The van der Waals surface area contributed by atoms with Gasteiger partial charge in [-0.2, -0.15) is 15.0 Å². The molecule has 0 saturated heterocycles. The van der Waals surface area contributed by atoms with Crippen molar-refractivity contribution in [2.24, 2.45) is 0 Å². The maximum absolute atomic E-state index is 5.86. The molecule has 0 aliphatic rings. The number of rotatable bonds is 2. The molecule has 2 rings (SSSR count). The summed E-state index contributed by atoms with van der Waals surface area (Å²) in [5.41, 5.74) is 6.32. The molecule has 0 aliphatic heterocycles. The first-order valence-corrected chi connectivity index (χ1v) is 5.41. The summed E-state index contributed by atoms with van der Waals surface area (Å²) in [5.74, 6) is 0.541. The van der Waals surface area contributed by atoms with E-state index in [-0.39, 0.29) is 17.2 Å². The van der Waals surface area contributed by atoms with Crippen LogP contribution in [-0.2, 0) is 0 Å². The second-order valence-corrected chi connectivity index (χ2v) is 4.03. The molecule has 0 saturated carbocycles. The third-order valence-corrected chi connectivity index (χ3v) is 2.36. The van der Waals surface area contributed by atoms with Crippen LogP contribution >= 0.6 is 23.2 Å². The van der Waals surface area contributed by atoms with E-state index in [1.165, 1.54) is 0 Å². The lowest BCUT2D eigenvalue weighted by atomic mass is 10.2. The van der Waals surface area contributed by atoms with Gasteiger partial charge in [-0.15, -0.1) is 0 Å². The van der Waals surface area contributed by atoms with Gasteiger partial charge in [0.05, 0.1) is 0 Å². The van der Waals surface area contributed by atoms with Crippen molar-refractivity contribution in [2.75, 3.05) is 5.73 Å². The predicted molar refractivity (Wildman–Crippen MR) is 65.5 cm³/mol. The molecule has 0 radical (unpaired) electrons. The van der Waals surface area contributed by atoms with Crippen LogP contribution in [0.25, 0.3) is 0 Å². The summed E-state index contributed by atoms with van der Waals surface area (Å²) in [6.45, 7) is 1.87. The Hall–Kier alpha value is -1.59. The van der Waals surface area contributed by atoms with Crippen molar-refractivity contribution < 1.29 is 4.74 Å². The van der Waals surface area contributed by atoms with Crippen molar-refractivity contribution in [1.29, 1.82) is 0 Å². The summed E-state index contributed by atoms with van der Waals surface area (Å²) in [6, 6.07) is 5.28.